The summed E-state index contributed by atoms with van der Waals surface area (Å²) in [5.74, 6) is -8.49. The number of ether oxygens (including phenoxy) is 14. The molecule has 0 rings (SSSR count). The predicted molar refractivity (Wildman–Crippen MR) is 301 cm³/mol. The largest absolute Gasteiger partial charge is 0.465 e. The zero-order chi connectivity index (χ0) is 64.0. The van der Waals surface area contributed by atoms with Crippen LogP contribution in [0.4, 0.5) is 4.79 Å². The Morgan fingerprint density at radius 1 is 0.282 bits per heavy atom. The van der Waals surface area contributed by atoms with Crippen LogP contribution < -0.4 is 5.32 Å². The summed E-state index contributed by atoms with van der Waals surface area (Å²) < 4.78 is 76.6. The van der Waals surface area contributed by atoms with Crippen molar-refractivity contribution in [2.75, 3.05) is 119 Å². The van der Waals surface area contributed by atoms with Crippen molar-refractivity contribution in [3.05, 3.63) is 127 Å². The molecule has 1 N–H and O–H groups in total. The summed E-state index contributed by atoms with van der Waals surface area (Å²) in [5.41, 5.74) is -6.16. The Balaban J connectivity index is 6.09. The Kier molecular flexibility index (Phi) is 39.3. The maximum Gasteiger partial charge on any atom is 0.407 e. The SMILES string of the molecule is C=CCOCC(COCC(COC(=O)C=C)(COC(=O)C=C)COC(=O)CCCCCCCNC(=O)OCC(COCC(COC(=O)C=C)(COC(=O)C=C)COC(=O)C=C)(COC(=O)C=C)COC(=O)C=C)(COC(=O)C=C)COC(=O)C=C. The molecule has 0 aliphatic rings. The molecular weight excluding hydrogens is 1120 g/mol. The molecule has 0 saturated heterocycles. The van der Waals surface area contributed by atoms with E-state index in [0.29, 0.717) is 32.1 Å². The lowest BCUT2D eigenvalue weighted by atomic mass is 9.90. The summed E-state index contributed by atoms with van der Waals surface area (Å²) in [7, 11) is 0. The molecule has 26 heteroatoms. The van der Waals surface area contributed by atoms with E-state index in [1.807, 2.05) is 0 Å². The third kappa shape index (κ3) is 34.5. The van der Waals surface area contributed by atoms with Crippen LogP contribution in [0, 0.1) is 21.7 Å². The van der Waals surface area contributed by atoms with E-state index in [9.17, 15) is 52.7 Å². The summed E-state index contributed by atoms with van der Waals surface area (Å²) in [6.07, 6.45) is 10.9. The summed E-state index contributed by atoms with van der Waals surface area (Å²) in [6.45, 7) is 26.3. The summed E-state index contributed by atoms with van der Waals surface area (Å²) in [5, 5.41) is 2.59. The van der Waals surface area contributed by atoms with Gasteiger partial charge in [0.05, 0.1) is 61.3 Å². The smallest absolute Gasteiger partial charge is 0.407 e. The highest BCUT2D eigenvalue weighted by atomic mass is 16.6. The van der Waals surface area contributed by atoms with E-state index in [2.05, 4.69) is 71.1 Å². The first-order valence-corrected chi connectivity index (χ1v) is 26.1. The monoisotopic (exact) mass is 1200 g/mol. The fourth-order valence-electron chi connectivity index (χ4n) is 6.57. The van der Waals surface area contributed by atoms with E-state index in [4.69, 9.17) is 66.3 Å². The number of esters is 10. The third-order valence-electron chi connectivity index (χ3n) is 11.3. The Bertz CT molecular complexity index is 2200. The lowest BCUT2D eigenvalue weighted by Gasteiger charge is -2.35. The molecule has 0 saturated carbocycles. The molecule has 26 nitrogen and oxygen atoms in total. The van der Waals surface area contributed by atoms with Crippen LogP contribution in [0.25, 0.3) is 0 Å². The number of rotatable bonds is 51. The van der Waals surface area contributed by atoms with E-state index in [-0.39, 0.29) is 32.8 Å². The molecule has 0 aliphatic carbocycles. The minimum atomic E-state index is -1.65. The maximum atomic E-state index is 13.2. The van der Waals surface area contributed by atoms with Crippen LogP contribution in [-0.4, -0.2) is 185 Å². The zero-order valence-corrected chi connectivity index (χ0v) is 48.0. The minimum absolute atomic E-state index is 0.0459. The van der Waals surface area contributed by atoms with E-state index < -0.39 is 180 Å². The Morgan fingerprint density at radius 3 is 0.800 bits per heavy atom. The van der Waals surface area contributed by atoms with Crippen LogP contribution in [0.5, 0.6) is 0 Å². The molecule has 0 atom stereocenters. The normalized spacial score (nSPS) is 11.0. The zero-order valence-electron chi connectivity index (χ0n) is 48.0. The molecule has 0 aliphatic heterocycles. The molecule has 85 heavy (non-hydrogen) atoms. The van der Waals surface area contributed by atoms with Crippen molar-refractivity contribution in [1.29, 1.82) is 0 Å². The van der Waals surface area contributed by atoms with E-state index >= 15 is 0 Å². The Morgan fingerprint density at radius 2 is 0.518 bits per heavy atom. The number of unbranched alkanes of at least 4 members (excludes halogenated alkanes) is 4. The van der Waals surface area contributed by atoms with Gasteiger partial charge in [0.1, 0.15) is 72.7 Å². The van der Waals surface area contributed by atoms with Gasteiger partial charge in [0.25, 0.3) is 0 Å². The average molecular weight is 1200 g/mol. The molecule has 0 heterocycles. The van der Waals surface area contributed by atoms with Crippen molar-refractivity contribution in [3.63, 3.8) is 0 Å². The number of hydrogen-bond acceptors (Lipinski definition) is 25. The van der Waals surface area contributed by atoms with Gasteiger partial charge in [-0.1, -0.05) is 84.5 Å². The molecular formula is C59H79NO25. The van der Waals surface area contributed by atoms with E-state index in [1.165, 1.54) is 6.08 Å². The van der Waals surface area contributed by atoms with Gasteiger partial charge in [0, 0.05) is 67.6 Å². The summed E-state index contributed by atoms with van der Waals surface area (Å²) in [4.78, 5) is 136. The average Bonchev–Trinajstić information content (AvgIpc) is 3.50. The highest BCUT2D eigenvalue weighted by Gasteiger charge is 2.42. The molecule has 0 fully saturated rings. The van der Waals surface area contributed by atoms with Gasteiger partial charge in [-0.2, -0.15) is 0 Å². The maximum absolute atomic E-state index is 13.2. The van der Waals surface area contributed by atoms with Crippen LogP contribution in [0.2, 0.25) is 0 Å². The second kappa shape index (κ2) is 43.9. The number of nitrogens with one attached hydrogen (secondary N) is 1. The topological polar surface area (TPSA) is 329 Å². The van der Waals surface area contributed by atoms with Gasteiger partial charge in [-0.3, -0.25) is 4.79 Å². The van der Waals surface area contributed by atoms with Crippen molar-refractivity contribution < 1.29 is 119 Å². The van der Waals surface area contributed by atoms with E-state index in [0.717, 1.165) is 54.7 Å². The number of alkyl carbamates (subject to hydrolysis) is 1. The fraction of sp³-hybridized carbons (Fsp3) is 0.475. The summed E-state index contributed by atoms with van der Waals surface area (Å²) in [6, 6.07) is 0. The van der Waals surface area contributed by atoms with Gasteiger partial charge >= 0.3 is 65.8 Å². The first kappa shape index (κ1) is 76.2. The Labute approximate surface area is 494 Å². The lowest BCUT2D eigenvalue weighted by molar-refractivity contribution is -0.172. The number of carbonyl (C=O) groups excluding carboxylic acids is 11. The molecule has 0 radical (unpaired) electrons. The van der Waals surface area contributed by atoms with Gasteiger partial charge in [-0.05, 0) is 12.8 Å². The van der Waals surface area contributed by atoms with Crippen LogP contribution in [-0.2, 0) is 114 Å². The van der Waals surface area contributed by atoms with Crippen LogP contribution in [0.15, 0.2) is 127 Å². The molecule has 0 aromatic rings. The van der Waals surface area contributed by atoms with Gasteiger partial charge in [-0.15, -0.1) is 6.58 Å². The molecule has 0 spiro atoms. The van der Waals surface area contributed by atoms with Gasteiger partial charge in [0.15, 0.2) is 0 Å². The van der Waals surface area contributed by atoms with Gasteiger partial charge in [-0.25, -0.2) is 47.9 Å². The summed E-state index contributed by atoms with van der Waals surface area (Å²) >= 11 is 0. The van der Waals surface area contributed by atoms with Gasteiger partial charge in [0.2, 0.25) is 0 Å². The van der Waals surface area contributed by atoms with Crippen molar-refractivity contribution in [1.82, 2.24) is 5.32 Å². The molecule has 470 valence electrons. The van der Waals surface area contributed by atoms with Crippen molar-refractivity contribution in [3.8, 4) is 0 Å². The second-order valence-electron chi connectivity index (χ2n) is 18.8. The number of carbonyl (C=O) groups is 11. The standard InChI is InChI=1S/C59H79NO25/c1-11-28-72-29-56(34-75-45(61)12-2,35-76-46(62)13-3)30-73-32-58(39-80-50(66)17-7,40-81-51(67)18-8)43-84-54(70)26-24-22-21-23-25-27-60-55(71)85-44-59(41-82-52(68)19-9,42-83-53(69)20-10)33-74-31-57(36-77-47(63)14-4,37-78-48(64)15-5)38-79-49(65)16-6/h11-20H,1-10,21-44H2,(H,60,71). The molecule has 1 amide bonds. The molecule has 0 bridgehead atoms. The van der Waals surface area contributed by atoms with E-state index in [1.54, 1.807) is 0 Å². The van der Waals surface area contributed by atoms with Crippen molar-refractivity contribution in [2.45, 2.75) is 38.5 Å². The third-order valence-corrected chi connectivity index (χ3v) is 11.3. The first-order valence-electron chi connectivity index (χ1n) is 26.1. The fourth-order valence-corrected chi connectivity index (χ4v) is 6.57. The second-order valence-corrected chi connectivity index (χ2v) is 18.8. The number of amides is 1. The van der Waals surface area contributed by atoms with Gasteiger partial charge < -0.3 is 71.6 Å². The first-order chi connectivity index (χ1) is 40.6. The quantitative estimate of drug-likeness (QED) is 0.0291. The van der Waals surface area contributed by atoms with Crippen LogP contribution in [0.3, 0.4) is 0 Å². The minimum Gasteiger partial charge on any atom is -0.465 e. The Hall–Kier alpha value is -8.75. The lowest BCUT2D eigenvalue weighted by Crippen LogP contribution is -2.47. The van der Waals surface area contributed by atoms with Crippen LogP contribution in [0.1, 0.15) is 38.5 Å². The molecule has 0 aromatic carbocycles. The molecule has 0 unspecified atom stereocenters. The van der Waals surface area contributed by atoms with Crippen LogP contribution >= 0.6 is 0 Å². The predicted octanol–water partition coefficient (Wildman–Crippen LogP) is 4.34. The van der Waals surface area contributed by atoms with Crippen molar-refractivity contribution in [2.24, 2.45) is 21.7 Å². The number of hydrogen-bond donors (Lipinski definition) is 1. The highest BCUT2D eigenvalue weighted by Crippen LogP contribution is 2.28. The van der Waals surface area contributed by atoms with Crippen molar-refractivity contribution >= 4 is 65.8 Å². The highest BCUT2D eigenvalue weighted by molar-refractivity contribution is 5.84. The molecule has 0 aromatic heterocycles.